The van der Waals surface area contributed by atoms with Gasteiger partial charge in [0.05, 0.1) is 10.7 Å². The van der Waals surface area contributed by atoms with Crippen LogP contribution in [0.1, 0.15) is 58.3 Å². The zero-order valence-corrected chi connectivity index (χ0v) is 17.8. The Kier molecular flexibility index (Phi) is 10.7. The lowest BCUT2D eigenvalue weighted by atomic mass is 9.92. The van der Waals surface area contributed by atoms with E-state index in [9.17, 15) is 14.7 Å². The number of ketones is 1. The van der Waals surface area contributed by atoms with Crippen LogP contribution >= 0.6 is 22.6 Å². The quantitative estimate of drug-likeness (QED) is 0.152. The first-order valence-corrected chi connectivity index (χ1v) is 10.3. The summed E-state index contributed by atoms with van der Waals surface area (Å²) in [4.78, 5) is 23.4. The normalized spacial score (nSPS) is 21.9. The number of rotatable bonds is 11. The van der Waals surface area contributed by atoms with Crippen molar-refractivity contribution in [1.29, 1.82) is 0 Å². The Balaban J connectivity index is 2.62. The van der Waals surface area contributed by atoms with E-state index >= 15 is 0 Å². The molecule has 0 saturated heterocycles. The fourth-order valence-corrected chi connectivity index (χ4v) is 3.49. The summed E-state index contributed by atoms with van der Waals surface area (Å²) in [5.74, 6) is -0.340. The average molecular weight is 472 g/mol. The molecule has 0 aliphatic heterocycles. The molecular formula is C21H29IO4. The number of allylic oxidation sites excluding steroid dienone is 5. The van der Waals surface area contributed by atoms with Crippen LogP contribution in [0.25, 0.3) is 0 Å². The van der Waals surface area contributed by atoms with Gasteiger partial charge >= 0.3 is 5.97 Å². The van der Waals surface area contributed by atoms with Crippen molar-refractivity contribution in [2.24, 2.45) is 0 Å². The van der Waals surface area contributed by atoms with Crippen LogP contribution in [-0.2, 0) is 14.3 Å². The van der Waals surface area contributed by atoms with E-state index in [0.29, 0.717) is 34.8 Å². The van der Waals surface area contributed by atoms with Crippen molar-refractivity contribution in [3.63, 3.8) is 0 Å². The molecule has 26 heavy (non-hydrogen) atoms. The summed E-state index contributed by atoms with van der Waals surface area (Å²) in [6.45, 7) is 2.17. The van der Waals surface area contributed by atoms with Crippen LogP contribution in [0, 0.1) is 0 Å². The zero-order valence-electron chi connectivity index (χ0n) is 15.7. The standard InChI is InChI=1S/C21H29IO4/c1-3-4-5-6-9-12-15-21(25)16-18(22)20(24)17(21)13-10-7-8-11-14-19(23)26-2/h7,9-10,12-13,16,25H,3-6,8,11,14-15H2,1-2H3/b10-7+,12-9-,17-13+/t21-/m1/s1. The van der Waals surface area contributed by atoms with Crippen LogP contribution in [0.15, 0.2) is 45.6 Å². The molecule has 4 nitrogen and oxygen atoms in total. The van der Waals surface area contributed by atoms with Crippen LogP contribution in [-0.4, -0.2) is 29.6 Å². The summed E-state index contributed by atoms with van der Waals surface area (Å²) >= 11 is 1.97. The molecule has 0 radical (unpaired) electrons. The molecule has 0 aromatic heterocycles. The van der Waals surface area contributed by atoms with E-state index < -0.39 is 5.60 Å². The molecule has 1 rings (SSSR count). The van der Waals surface area contributed by atoms with Crippen LogP contribution in [0.5, 0.6) is 0 Å². The SMILES string of the molecule is CCCCC/C=C\C[C@@]1(O)C=C(I)C(=O)/C1=C\C=C\CCCC(=O)OC. The molecule has 0 aromatic rings. The molecule has 0 unspecified atom stereocenters. The number of methoxy groups -OCH3 is 1. The maximum atomic E-state index is 12.3. The van der Waals surface area contributed by atoms with Gasteiger partial charge in [0, 0.05) is 18.4 Å². The van der Waals surface area contributed by atoms with Crippen molar-refractivity contribution in [3.8, 4) is 0 Å². The Morgan fingerprint density at radius 1 is 1.23 bits per heavy atom. The number of Topliss-reactive ketones (excluding diaryl/α,β-unsaturated/α-hetero) is 1. The Morgan fingerprint density at radius 3 is 2.65 bits per heavy atom. The van der Waals surface area contributed by atoms with Gasteiger partial charge in [-0.15, -0.1) is 0 Å². The highest BCUT2D eigenvalue weighted by Gasteiger charge is 2.39. The van der Waals surface area contributed by atoms with E-state index in [4.69, 9.17) is 0 Å². The van der Waals surface area contributed by atoms with Crippen LogP contribution < -0.4 is 0 Å². The second-order valence-electron chi connectivity index (χ2n) is 6.39. The molecule has 0 spiro atoms. The van der Waals surface area contributed by atoms with Gasteiger partial charge in [-0.2, -0.15) is 0 Å². The van der Waals surface area contributed by atoms with E-state index in [0.717, 1.165) is 12.8 Å². The molecule has 1 atom stereocenters. The number of aliphatic hydroxyl groups is 1. The Morgan fingerprint density at radius 2 is 1.96 bits per heavy atom. The van der Waals surface area contributed by atoms with Crippen molar-refractivity contribution >= 4 is 34.3 Å². The maximum absolute atomic E-state index is 12.3. The summed E-state index contributed by atoms with van der Waals surface area (Å²) in [6, 6.07) is 0. The zero-order chi connectivity index (χ0) is 19.4. The Hall–Kier alpha value is -1.21. The molecule has 1 N–H and O–H groups in total. The second-order valence-corrected chi connectivity index (χ2v) is 7.56. The van der Waals surface area contributed by atoms with Crippen LogP contribution in [0.2, 0.25) is 0 Å². The molecule has 0 amide bonds. The third kappa shape index (κ3) is 7.58. The molecule has 5 heteroatoms. The summed E-state index contributed by atoms with van der Waals surface area (Å²) < 4.78 is 5.14. The van der Waals surface area contributed by atoms with Gasteiger partial charge < -0.3 is 9.84 Å². The van der Waals surface area contributed by atoms with E-state index in [1.54, 1.807) is 18.2 Å². The van der Waals surface area contributed by atoms with E-state index in [1.807, 2.05) is 34.7 Å². The van der Waals surface area contributed by atoms with Crippen molar-refractivity contribution in [3.05, 3.63) is 45.6 Å². The first-order chi connectivity index (χ1) is 12.4. The molecule has 0 heterocycles. The summed E-state index contributed by atoms with van der Waals surface area (Å²) in [7, 11) is 1.38. The molecular weight excluding hydrogens is 443 g/mol. The minimum absolute atomic E-state index is 0.119. The van der Waals surface area contributed by atoms with Crippen molar-refractivity contribution in [1.82, 2.24) is 0 Å². The fraction of sp³-hybridized carbons (Fsp3) is 0.524. The molecule has 144 valence electrons. The lowest BCUT2D eigenvalue weighted by Gasteiger charge is -2.20. The van der Waals surface area contributed by atoms with Crippen molar-refractivity contribution in [2.75, 3.05) is 7.11 Å². The molecule has 0 bridgehead atoms. The van der Waals surface area contributed by atoms with Gasteiger partial charge in [-0.05, 0) is 54.4 Å². The van der Waals surface area contributed by atoms with Crippen molar-refractivity contribution < 1.29 is 19.4 Å². The molecule has 1 aliphatic rings. The van der Waals surface area contributed by atoms with Crippen LogP contribution in [0.3, 0.4) is 0 Å². The topological polar surface area (TPSA) is 63.6 Å². The van der Waals surface area contributed by atoms with E-state index in [2.05, 4.69) is 17.7 Å². The maximum Gasteiger partial charge on any atom is 0.305 e. The average Bonchev–Trinajstić information content (AvgIpc) is 2.83. The molecule has 0 fully saturated rings. The van der Waals surface area contributed by atoms with Gasteiger partial charge in [-0.1, -0.05) is 50.1 Å². The van der Waals surface area contributed by atoms with Crippen molar-refractivity contribution in [2.45, 2.75) is 63.9 Å². The first-order valence-electron chi connectivity index (χ1n) is 9.19. The van der Waals surface area contributed by atoms with Gasteiger partial charge in [0.1, 0.15) is 5.60 Å². The lowest BCUT2D eigenvalue weighted by Crippen LogP contribution is -2.27. The lowest BCUT2D eigenvalue weighted by molar-refractivity contribution is -0.140. The predicted molar refractivity (Wildman–Crippen MR) is 113 cm³/mol. The van der Waals surface area contributed by atoms with Gasteiger partial charge in [-0.3, -0.25) is 9.59 Å². The van der Waals surface area contributed by atoms with Gasteiger partial charge in [0.2, 0.25) is 0 Å². The number of carbonyl (C=O) groups is 2. The number of unbranched alkanes of at least 4 members (excludes halogenated alkanes) is 4. The predicted octanol–water partition coefficient (Wildman–Crippen LogP) is 4.97. The highest BCUT2D eigenvalue weighted by Crippen LogP contribution is 2.36. The summed E-state index contributed by atoms with van der Waals surface area (Å²) in [5.41, 5.74) is -0.824. The van der Waals surface area contributed by atoms with Crippen LogP contribution in [0.4, 0.5) is 0 Å². The number of ether oxygens (including phenoxy) is 1. The van der Waals surface area contributed by atoms with E-state index in [-0.39, 0.29) is 11.8 Å². The largest absolute Gasteiger partial charge is 0.469 e. The summed E-state index contributed by atoms with van der Waals surface area (Å²) in [5, 5.41) is 10.9. The molecule has 0 aromatic carbocycles. The Bertz CT molecular complexity index is 601. The Labute approximate surface area is 170 Å². The van der Waals surface area contributed by atoms with Gasteiger partial charge in [0.15, 0.2) is 5.78 Å². The number of esters is 1. The summed E-state index contributed by atoms with van der Waals surface area (Å²) in [6.07, 6.45) is 17.8. The molecule has 0 saturated carbocycles. The first kappa shape index (κ1) is 22.8. The second kappa shape index (κ2) is 12.2. The third-order valence-electron chi connectivity index (χ3n) is 4.24. The van der Waals surface area contributed by atoms with Gasteiger partial charge in [-0.25, -0.2) is 0 Å². The number of hydrogen-bond donors (Lipinski definition) is 1. The highest BCUT2D eigenvalue weighted by atomic mass is 127. The molecule has 1 aliphatic carbocycles. The van der Waals surface area contributed by atoms with E-state index in [1.165, 1.54) is 20.0 Å². The number of hydrogen-bond acceptors (Lipinski definition) is 4. The third-order valence-corrected chi connectivity index (χ3v) is 5.04. The highest BCUT2D eigenvalue weighted by molar-refractivity contribution is 14.1. The number of carbonyl (C=O) groups excluding carboxylic acids is 2. The van der Waals surface area contributed by atoms with Gasteiger partial charge in [0.25, 0.3) is 0 Å². The monoisotopic (exact) mass is 472 g/mol. The smallest absolute Gasteiger partial charge is 0.305 e. The fourth-order valence-electron chi connectivity index (χ4n) is 2.69. The minimum Gasteiger partial charge on any atom is -0.469 e. The number of halogens is 1. The minimum atomic E-state index is -1.23.